The molecule has 29 heavy (non-hydrogen) atoms. The molecular formula is C21H27N5O3. The van der Waals surface area contributed by atoms with Crippen LogP contribution in [-0.2, 0) is 17.9 Å². The van der Waals surface area contributed by atoms with E-state index in [1.165, 1.54) is 6.07 Å². The number of hydrogen-bond donors (Lipinski definition) is 2. The van der Waals surface area contributed by atoms with Gasteiger partial charge in [0.25, 0.3) is 11.8 Å². The maximum atomic E-state index is 13.1. The number of likely N-dealkylation sites (N-methyl/N-ethyl adjacent to an activating group) is 1. The summed E-state index contributed by atoms with van der Waals surface area (Å²) in [6.07, 6.45) is 0.753. The van der Waals surface area contributed by atoms with E-state index in [1.807, 2.05) is 38.1 Å². The summed E-state index contributed by atoms with van der Waals surface area (Å²) in [4.78, 5) is 39.2. The first kappa shape index (κ1) is 20.6. The van der Waals surface area contributed by atoms with Crippen molar-refractivity contribution in [3.8, 4) is 0 Å². The first-order chi connectivity index (χ1) is 13.9. The van der Waals surface area contributed by atoms with Crippen LogP contribution in [0.3, 0.4) is 0 Å². The minimum atomic E-state index is -0.683. The van der Waals surface area contributed by atoms with Crippen molar-refractivity contribution in [2.45, 2.75) is 46.3 Å². The van der Waals surface area contributed by atoms with Gasteiger partial charge in [-0.2, -0.15) is 5.10 Å². The Balaban J connectivity index is 1.75. The zero-order valence-electron chi connectivity index (χ0n) is 17.1. The van der Waals surface area contributed by atoms with E-state index in [9.17, 15) is 14.4 Å². The second-order valence-corrected chi connectivity index (χ2v) is 7.23. The molecule has 0 radical (unpaired) electrons. The molecule has 1 aliphatic rings. The highest BCUT2D eigenvalue weighted by atomic mass is 16.2. The summed E-state index contributed by atoms with van der Waals surface area (Å²) in [5.41, 5.74) is 2.77. The molecule has 1 aromatic heterocycles. The van der Waals surface area contributed by atoms with Crippen LogP contribution in [0.1, 0.15) is 52.4 Å². The molecule has 0 spiro atoms. The monoisotopic (exact) mass is 397 g/mol. The first-order valence-corrected chi connectivity index (χ1v) is 9.91. The van der Waals surface area contributed by atoms with Gasteiger partial charge >= 0.3 is 0 Å². The van der Waals surface area contributed by atoms with Gasteiger partial charge in [0.05, 0.1) is 0 Å². The van der Waals surface area contributed by atoms with E-state index in [4.69, 9.17) is 0 Å². The lowest BCUT2D eigenvalue weighted by molar-refractivity contribution is -0.122. The molecule has 0 fully saturated rings. The molecule has 2 heterocycles. The van der Waals surface area contributed by atoms with E-state index in [0.717, 1.165) is 17.5 Å². The van der Waals surface area contributed by atoms with Crippen molar-refractivity contribution in [1.29, 1.82) is 0 Å². The van der Waals surface area contributed by atoms with Crippen LogP contribution in [0.25, 0.3) is 0 Å². The average Bonchev–Trinajstić information content (AvgIpc) is 3.07. The fourth-order valence-electron chi connectivity index (χ4n) is 3.35. The van der Waals surface area contributed by atoms with Crippen LogP contribution in [-0.4, -0.2) is 51.5 Å². The third kappa shape index (κ3) is 4.64. The number of benzene rings is 1. The van der Waals surface area contributed by atoms with Gasteiger partial charge in [0.1, 0.15) is 11.7 Å². The van der Waals surface area contributed by atoms with E-state index in [0.29, 0.717) is 31.9 Å². The zero-order valence-corrected chi connectivity index (χ0v) is 17.1. The summed E-state index contributed by atoms with van der Waals surface area (Å²) >= 11 is 0. The molecule has 3 amide bonds. The number of nitrogens with zero attached hydrogens (tertiary/aromatic N) is 3. The second-order valence-electron chi connectivity index (χ2n) is 7.23. The van der Waals surface area contributed by atoms with Gasteiger partial charge in [-0.3, -0.25) is 19.1 Å². The number of hydrogen-bond acceptors (Lipinski definition) is 4. The van der Waals surface area contributed by atoms with Crippen LogP contribution < -0.4 is 10.6 Å². The Labute approximate surface area is 170 Å². The SMILES string of the molecule is CCNC(=O)C(C)NC(=O)c1cc2n(n1)CCCN(Cc1ccccc1C)C2=O. The molecule has 1 atom stereocenters. The molecule has 2 N–H and O–H groups in total. The normalized spacial score (nSPS) is 14.7. The topological polar surface area (TPSA) is 96.3 Å². The average molecular weight is 397 g/mol. The Kier molecular flexibility index (Phi) is 6.31. The molecule has 1 aromatic carbocycles. The van der Waals surface area contributed by atoms with Gasteiger partial charge < -0.3 is 15.5 Å². The van der Waals surface area contributed by atoms with Gasteiger partial charge in [-0.25, -0.2) is 0 Å². The number of rotatable bonds is 6. The van der Waals surface area contributed by atoms with E-state index in [2.05, 4.69) is 15.7 Å². The molecule has 8 heteroatoms. The number of nitrogens with one attached hydrogen (secondary N) is 2. The standard InChI is InChI=1S/C21H27N5O3/c1-4-22-19(27)15(3)23-20(28)17-12-18-21(29)25(10-7-11-26(18)24-17)13-16-9-6-5-8-14(16)2/h5-6,8-9,12,15H,4,7,10-11,13H2,1-3H3,(H,22,27)(H,23,28). The smallest absolute Gasteiger partial charge is 0.272 e. The number of carbonyl (C=O) groups excluding carboxylic acids is 3. The summed E-state index contributed by atoms with van der Waals surface area (Å²) in [6, 6.07) is 8.82. The molecule has 154 valence electrons. The third-order valence-electron chi connectivity index (χ3n) is 5.03. The van der Waals surface area contributed by atoms with Crippen molar-refractivity contribution < 1.29 is 14.4 Å². The molecule has 3 rings (SSSR count). The van der Waals surface area contributed by atoms with Gasteiger partial charge in [-0.1, -0.05) is 24.3 Å². The Morgan fingerprint density at radius 2 is 2.00 bits per heavy atom. The van der Waals surface area contributed by atoms with Gasteiger partial charge in [-0.15, -0.1) is 0 Å². The summed E-state index contributed by atoms with van der Waals surface area (Å²) in [5, 5.41) is 9.59. The van der Waals surface area contributed by atoms with Crippen molar-refractivity contribution in [1.82, 2.24) is 25.3 Å². The highest BCUT2D eigenvalue weighted by Crippen LogP contribution is 2.18. The second kappa shape index (κ2) is 8.89. The molecule has 2 aromatic rings. The lowest BCUT2D eigenvalue weighted by atomic mass is 10.1. The van der Waals surface area contributed by atoms with Gasteiger partial charge in [-0.05, 0) is 38.3 Å². The van der Waals surface area contributed by atoms with Crippen LogP contribution in [0.5, 0.6) is 0 Å². The van der Waals surface area contributed by atoms with Crippen LogP contribution in [0.4, 0.5) is 0 Å². The zero-order chi connectivity index (χ0) is 21.0. The maximum absolute atomic E-state index is 13.1. The molecular weight excluding hydrogens is 370 g/mol. The molecule has 1 unspecified atom stereocenters. The molecule has 1 aliphatic heterocycles. The van der Waals surface area contributed by atoms with Gasteiger partial charge in [0.15, 0.2) is 5.69 Å². The highest BCUT2D eigenvalue weighted by molar-refractivity contribution is 5.99. The maximum Gasteiger partial charge on any atom is 0.272 e. The van der Waals surface area contributed by atoms with Gasteiger partial charge in [0.2, 0.25) is 5.91 Å². The van der Waals surface area contributed by atoms with Crippen molar-refractivity contribution in [3.05, 3.63) is 52.8 Å². The lowest BCUT2D eigenvalue weighted by Crippen LogP contribution is -2.44. The predicted octanol–water partition coefficient (Wildman–Crippen LogP) is 1.49. The molecule has 0 saturated heterocycles. The highest BCUT2D eigenvalue weighted by Gasteiger charge is 2.27. The minimum absolute atomic E-state index is 0.141. The van der Waals surface area contributed by atoms with Crippen LogP contribution >= 0.6 is 0 Å². The Hall–Kier alpha value is -3.16. The van der Waals surface area contributed by atoms with Crippen molar-refractivity contribution >= 4 is 17.7 Å². The van der Waals surface area contributed by atoms with Gasteiger partial charge in [0, 0.05) is 32.2 Å². The fourth-order valence-corrected chi connectivity index (χ4v) is 3.35. The number of aryl methyl sites for hydroxylation is 2. The van der Waals surface area contributed by atoms with Crippen molar-refractivity contribution in [3.63, 3.8) is 0 Å². The summed E-state index contributed by atoms with van der Waals surface area (Å²) < 4.78 is 1.59. The minimum Gasteiger partial charge on any atom is -0.355 e. The lowest BCUT2D eigenvalue weighted by Gasteiger charge is -2.21. The van der Waals surface area contributed by atoms with E-state index >= 15 is 0 Å². The van der Waals surface area contributed by atoms with E-state index < -0.39 is 11.9 Å². The van der Waals surface area contributed by atoms with E-state index in [-0.39, 0.29) is 17.5 Å². The quantitative estimate of drug-likeness (QED) is 0.772. The molecule has 8 nitrogen and oxygen atoms in total. The first-order valence-electron chi connectivity index (χ1n) is 9.91. The Morgan fingerprint density at radius 3 is 2.72 bits per heavy atom. The van der Waals surface area contributed by atoms with E-state index in [1.54, 1.807) is 16.5 Å². The van der Waals surface area contributed by atoms with Crippen molar-refractivity contribution in [2.24, 2.45) is 0 Å². The van der Waals surface area contributed by atoms with Crippen LogP contribution in [0.2, 0.25) is 0 Å². The predicted molar refractivity (Wildman–Crippen MR) is 108 cm³/mol. The molecule has 0 aliphatic carbocycles. The summed E-state index contributed by atoms with van der Waals surface area (Å²) in [5.74, 6) is -0.876. The number of carbonyl (C=O) groups is 3. The third-order valence-corrected chi connectivity index (χ3v) is 5.03. The number of aromatic nitrogens is 2. The summed E-state index contributed by atoms with van der Waals surface area (Å²) in [7, 11) is 0. The number of amides is 3. The van der Waals surface area contributed by atoms with Crippen molar-refractivity contribution in [2.75, 3.05) is 13.1 Å². The number of fused-ring (bicyclic) bond motifs is 1. The molecule has 0 saturated carbocycles. The van der Waals surface area contributed by atoms with Crippen LogP contribution in [0.15, 0.2) is 30.3 Å². The Morgan fingerprint density at radius 1 is 1.24 bits per heavy atom. The largest absolute Gasteiger partial charge is 0.355 e. The Bertz CT molecular complexity index is 921. The fraction of sp³-hybridized carbons (Fsp3) is 0.429. The summed E-state index contributed by atoms with van der Waals surface area (Å²) in [6.45, 7) is 7.65. The van der Waals surface area contributed by atoms with Crippen LogP contribution in [0, 0.1) is 6.92 Å². The molecule has 0 bridgehead atoms.